The van der Waals surface area contributed by atoms with Crippen molar-refractivity contribution in [1.82, 2.24) is 24.5 Å². The summed E-state index contributed by atoms with van der Waals surface area (Å²) < 4.78 is 9.93. The predicted octanol–water partition coefficient (Wildman–Crippen LogP) is 2.20. The lowest BCUT2D eigenvalue weighted by molar-refractivity contribution is 0.449. The Hall–Kier alpha value is -2.34. The highest BCUT2D eigenvalue weighted by Gasteiger charge is 2.18. The van der Waals surface area contributed by atoms with Crippen molar-refractivity contribution in [3.8, 4) is 11.6 Å². The van der Waals surface area contributed by atoms with Crippen LogP contribution in [0.15, 0.2) is 24.4 Å². The van der Waals surface area contributed by atoms with Gasteiger partial charge in [-0.05, 0) is 33.0 Å². The van der Waals surface area contributed by atoms with Crippen LogP contribution in [0.25, 0.3) is 5.65 Å². The summed E-state index contributed by atoms with van der Waals surface area (Å²) in [5, 5.41) is 7.54. The quantitative estimate of drug-likeness (QED) is 0.798. The molecule has 0 unspecified atom stereocenters. The summed E-state index contributed by atoms with van der Waals surface area (Å²) in [5.74, 6) is 1.40. The fraction of sp³-hybridized carbons (Fsp3) is 0.333. The van der Waals surface area contributed by atoms with E-state index in [0.29, 0.717) is 12.4 Å². The maximum absolute atomic E-state index is 6.07. The van der Waals surface area contributed by atoms with Crippen LogP contribution in [0.1, 0.15) is 17.1 Å². The number of imidazole rings is 1. The number of aryl methyl sites for hydroxylation is 2. The molecule has 0 saturated carbocycles. The van der Waals surface area contributed by atoms with Gasteiger partial charge in [0.2, 0.25) is 5.88 Å². The van der Waals surface area contributed by atoms with Crippen molar-refractivity contribution in [3.05, 3.63) is 41.5 Å². The van der Waals surface area contributed by atoms with Crippen LogP contribution < -0.4 is 10.1 Å². The van der Waals surface area contributed by atoms with E-state index in [4.69, 9.17) is 4.74 Å². The highest BCUT2D eigenvalue weighted by molar-refractivity contribution is 5.47. The van der Waals surface area contributed by atoms with Gasteiger partial charge in [0, 0.05) is 19.8 Å². The lowest BCUT2D eigenvalue weighted by Gasteiger charge is -2.06. The topological polar surface area (TPSA) is 56.4 Å². The number of fused-ring (bicyclic) bond motifs is 1. The van der Waals surface area contributed by atoms with Crippen LogP contribution in [0, 0.1) is 13.8 Å². The second kappa shape index (κ2) is 5.21. The average molecular weight is 285 g/mol. The van der Waals surface area contributed by atoms with E-state index in [1.54, 1.807) is 0 Å². The first kappa shape index (κ1) is 13.6. The van der Waals surface area contributed by atoms with E-state index in [0.717, 1.165) is 28.5 Å². The van der Waals surface area contributed by atoms with E-state index in [1.165, 1.54) is 0 Å². The number of nitrogens with zero attached hydrogens (tertiary/aromatic N) is 4. The summed E-state index contributed by atoms with van der Waals surface area (Å²) in [6.07, 6.45) is 1.99. The molecule has 21 heavy (non-hydrogen) atoms. The normalized spacial score (nSPS) is 11.2. The van der Waals surface area contributed by atoms with Gasteiger partial charge in [-0.2, -0.15) is 10.1 Å². The van der Waals surface area contributed by atoms with Crippen molar-refractivity contribution >= 4 is 5.65 Å². The fourth-order valence-corrected chi connectivity index (χ4v) is 2.43. The molecule has 0 aliphatic rings. The number of aromatic nitrogens is 4. The maximum Gasteiger partial charge on any atom is 0.242 e. The van der Waals surface area contributed by atoms with E-state index >= 15 is 0 Å². The van der Waals surface area contributed by atoms with Gasteiger partial charge in [0.05, 0.1) is 5.69 Å². The molecule has 3 heterocycles. The molecule has 3 rings (SSSR count). The number of rotatable bonds is 4. The smallest absolute Gasteiger partial charge is 0.242 e. The Morgan fingerprint density at radius 1 is 1.29 bits per heavy atom. The van der Waals surface area contributed by atoms with E-state index in [-0.39, 0.29) is 0 Å². The first-order valence-corrected chi connectivity index (χ1v) is 6.90. The third-order valence-electron chi connectivity index (χ3n) is 3.58. The van der Waals surface area contributed by atoms with Gasteiger partial charge in [-0.25, -0.2) is 0 Å². The molecule has 3 aromatic rings. The zero-order chi connectivity index (χ0) is 15.0. The molecule has 0 radical (unpaired) electrons. The molecular formula is C15H19N5O. The van der Waals surface area contributed by atoms with Crippen LogP contribution in [0.2, 0.25) is 0 Å². The number of nitrogens with one attached hydrogen (secondary N) is 1. The number of ether oxygens (including phenoxy) is 1. The molecule has 0 atom stereocenters. The van der Waals surface area contributed by atoms with Crippen molar-refractivity contribution in [2.45, 2.75) is 20.4 Å². The van der Waals surface area contributed by atoms with Crippen molar-refractivity contribution in [1.29, 1.82) is 0 Å². The minimum Gasteiger partial charge on any atom is -0.433 e. The van der Waals surface area contributed by atoms with E-state index in [1.807, 2.05) is 61.4 Å². The van der Waals surface area contributed by atoms with Crippen LogP contribution in [0.4, 0.5) is 0 Å². The first-order valence-electron chi connectivity index (χ1n) is 6.90. The van der Waals surface area contributed by atoms with Crippen LogP contribution in [0.5, 0.6) is 11.6 Å². The molecule has 0 aliphatic heterocycles. The summed E-state index contributed by atoms with van der Waals surface area (Å²) in [4.78, 5) is 4.58. The molecule has 0 aromatic carbocycles. The summed E-state index contributed by atoms with van der Waals surface area (Å²) in [7, 11) is 3.82. The Kier molecular flexibility index (Phi) is 3.39. The molecule has 110 valence electrons. The van der Waals surface area contributed by atoms with Crippen molar-refractivity contribution in [2.24, 2.45) is 7.05 Å². The maximum atomic E-state index is 6.07. The van der Waals surface area contributed by atoms with Crippen LogP contribution >= 0.6 is 0 Å². The summed E-state index contributed by atoms with van der Waals surface area (Å²) >= 11 is 0. The molecule has 6 nitrogen and oxygen atoms in total. The van der Waals surface area contributed by atoms with Gasteiger partial charge in [-0.15, -0.1) is 0 Å². The molecule has 6 heteroatoms. The third kappa shape index (κ3) is 2.27. The standard InChI is InChI=1S/C15H19N5O/c1-10-14(11(2)19(4)18-10)21-15-12(9-16-3)20-8-6-5-7-13(20)17-15/h5-8,16H,9H2,1-4H3. The first-order chi connectivity index (χ1) is 10.1. The van der Waals surface area contributed by atoms with Gasteiger partial charge in [0.1, 0.15) is 17.0 Å². The Morgan fingerprint density at radius 2 is 2.10 bits per heavy atom. The van der Waals surface area contributed by atoms with Gasteiger partial charge < -0.3 is 10.1 Å². The van der Waals surface area contributed by atoms with Crippen LogP contribution in [-0.2, 0) is 13.6 Å². The number of hydrogen-bond acceptors (Lipinski definition) is 4. The Bertz CT molecular complexity index is 787. The SMILES string of the molecule is CNCc1c(Oc2c(C)nn(C)c2C)nc2ccccn12. The van der Waals surface area contributed by atoms with Crippen LogP contribution in [0.3, 0.4) is 0 Å². The molecule has 3 aromatic heterocycles. The van der Waals surface area contributed by atoms with Crippen LogP contribution in [-0.4, -0.2) is 26.2 Å². The molecule has 1 N–H and O–H groups in total. The predicted molar refractivity (Wildman–Crippen MR) is 80.7 cm³/mol. The van der Waals surface area contributed by atoms with Gasteiger partial charge in [-0.1, -0.05) is 6.07 Å². The lowest BCUT2D eigenvalue weighted by Crippen LogP contribution is -2.08. The third-order valence-corrected chi connectivity index (χ3v) is 3.58. The Morgan fingerprint density at radius 3 is 2.76 bits per heavy atom. The monoisotopic (exact) mass is 285 g/mol. The van der Waals surface area contributed by atoms with Gasteiger partial charge in [0.15, 0.2) is 5.75 Å². The van der Waals surface area contributed by atoms with Crippen molar-refractivity contribution in [2.75, 3.05) is 7.05 Å². The number of hydrogen-bond donors (Lipinski definition) is 1. The fourth-order valence-electron chi connectivity index (χ4n) is 2.43. The van der Waals surface area contributed by atoms with E-state index in [2.05, 4.69) is 15.4 Å². The highest BCUT2D eigenvalue weighted by atomic mass is 16.5. The Balaban J connectivity index is 2.09. The van der Waals surface area contributed by atoms with Crippen molar-refractivity contribution < 1.29 is 4.74 Å². The molecule has 0 fully saturated rings. The minimum atomic E-state index is 0.620. The minimum absolute atomic E-state index is 0.620. The van der Waals surface area contributed by atoms with Gasteiger partial charge >= 0.3 is 0 Å². The molecule has 0 spiro atoms. The van der Waals surface area contributed by atoms with Gasteiger partial charge in [-0.3, -0.25) is 9.08 Å². The largest absolute Gasteiger partial charge is 0.433 e. The Labute approximate surface area is 123 Å². The average Bonchev–Trinajstić information content (AvgIpc) is 2.93. The summed E-state index contributed by atoms with van der Waals surface area (Å²) in [6.45, 7) is 4.61. The van der Waals surface area contributed by atoms with E-state index in [9.17, 15) is 0 Å². The zero-order valence-corrected chi connectivity index (χ0v) is 12.7. The molecule has 0 saturated heterocycles. The highest BCUT2D eigenvalue weighted by Crippen LogP contribution is 2.30. The molecule has 0 aliphatic carbocycles. The summed E-state index contributed by atoms with van der Waals surface area (Å²) in [5.41, 5.74) is 3.72. The zero-order valence-electron chi connectivity index (χ0n) is 12.7. The van der Waals surface area contributed by atoms with E-state index < -0.39 is 0 Å². The molecular weight excluding hydrogens is 266 g/mol. The second-order valence-corrected chi connectivity index (χ2v) is 5.05. The summed E-state index contributed by atoms with van der Waals surface area (Å²) in [6, 6.07) is 5.92. The number of pyridine rings is 1. The van der Waals surface area contributed by atoms with Gasteiger partial charge in [0.25, 0.3) is 0 Å². The lowest BCUT2D eigenvalue weighted by atomic mass is 10.3. The second-order valence-electron chi connectivity index (χ2n) is 5.05. The van der Waals surface area contributed by atoms with Crippen molar-refractivity contribution in [3.63, 3.8) is 0 Å². The molecule has 0 bridgehead atoms. The molecule has 0 amide bonds.